The maximum Gasteiger partial charge on any atom is 0.335 e. The van der Waals surface area contributed by atoms with Crippen LogP contribution in [0.4, 0.5) is 11.6 Å². The van der Waals surface area contributed by atoms with Crippen molar-refractivity contribution in [1.82, 2.24) is 24.4 Å². The van der Waals surface area contributed by atoms with Crippen molar-refractivity contribution in [3.05, 3.63) is 60.6 Å². The van der Waals surface area contributed by atoms with Gasteiger partial charge in [0.2, 0.25) is 5.95 Å². The lowest BCUT2D eigenvalue weighted by Crippen LogP contribution is -2.20. The van der Waals surface area contributed by atoms with Crippen LogP contribution >= 0.6 is 0 Å². The molecule has 1 saturated heterocycles. The molecular formula is C22H22N6O3. The van der Waals surface area contributed by atoms with Crippen LogP contribution in [0.15, 0.2) is 55.0 Å². The fourth-order valence-corrected chi connectivity index (χ4v) is 3.81. The maximum atomic E-state index is 11.0. The van der Waals surface area contributed by atoms with Crippen molar-refractivity contribution in [1.29, 1.82) is 0 Å². The Morgan fingerprint density at radius 1 is 1.19 bits per heavy atom. The highest BCUT2D eigenvalue weighted by atomic mass is 16.5. The lowest BCUT2D eigenvalue weighted by atomic mass is 10.0. The van der Waals surface area contributed by atoms with Gasteiger partial charge in [-0.25, -0.2) is 9.31 Å². The predicted octanol–water partition coefficient (Wildman–Crippen LogP) is 3.46. The van der Waals surface area contributed by atoms with Gasteiger partial charge in [-0.2, -0.15) is 10.1 Å². The Bertz CT molecular complexity index is 1210. The molecule has 9 nitrogen and oxygen atoms in total. The SMILES string of the molecule is O=C(O)c1ccc(Nc2nc3c(-c4cnn(CC5CCOCC5)c4)cccn3n2)cc1. The molecule has 3 aromatic heterocycles. The summed E-state index contributed by atoms with van der Waals surface area (Å²) < 4.78 is 9.16. The summed E-state index contributed by atoms with van der Waals surface area (Å²) in [4.78, 5) is 15.7. The number of anilines is 2. The molecule has 0 saturated carbocycles. The number of nitrogens with one attached hydrogen (secondary N) is 1. The third-order valence-electron chi connectivity index (χ3n) is 5.48. The topological polar surface area (TPSA) is 107 Å². The first kappa shape index (κ1) is 19.3. The van der Waals surface area contributed by atoms with E-state index in [1.807, 2.05) is 29.2 Å². The molecule has 9 heteroatoms. The van der Waals surface area contributed by atoms with E-state index in [4.69, 9.17) is 9.84 Å². The molecule has 1 aliphatic heterocycles. The fourth-order valence-electron chi connectivity index (χ4n) is 3.81. The second-order valence-electron chi connectivity index (χ2n) is 7.64. The molecule has 4 aromatic rings. The maximum absolute atomic E-state index is 11.0. The third kappa shape index (κ3) is 4.13. The van der Waals surface area contributed by atoms with Crippen LogP contribution in [0.25, 0.3) is 16.8 Å². The number of hydrogen-bond donors (Lipinski definition) is 2. The van der Waals surface area contributed by atoms with Crippen molar-refractivity contribution in [3.8, 4) is 11.1 Å². The molecule has 0 radical (unpaired) electrons. The fraction of sp³-hybridized carbons (Fsp3) is 0.273. The van der Waals surface area contributed by atoms with E-state index in [9.17, 15) is 4.79 Å². The highest BCUT2D eigenvalue weighted by molar-refractivity contribution is 5.88. The summed E-state index contributed by atoms with van der Waals surface area (Å²) in [6, 6.07) is 10.4. The molecule has 0 spiro atoms. The van der Waals surface area contributed by atoms with Crippen molar-refractivity contribution in [2.24, 2.45) is 5.92 Å². The minimum absolute atomic E-state index is 0.230. The van der Waals surface area contributed by atoms with Gasteiger partial charge < -0.3 is 15.2 Å². The van der Waals surface area contributed by atoms with Gasteiger partial charge in [-0.05, 0) is 55.2 Å². The molecule has 158 valence electrons. The number of carboxylic acid groups (broad SMARTS) is 1. The number of rotatable bonds is 6. The van der Waals surface area contributed by atoms with E-state index in [2.05, 4.69) is 26.7 Å². The van der Waals surface area contributed by atoms with Crippen LogP contribution < -0.4 is 5.32 Å². The highest BCUT2D eigenvalue weighted by Crippen LogP contribution is 2.25. The van der Waals surface area contributed by atoms with Crippen LogP contribution in [0, 0.1) is 5.92 Å². The number of nitrogens with zero attached hydrogens (tertiary/aromatic N) is 5. The summed E-state index contributed by atoms with van der Waals surface area (Å²) in [5.41, 5.74) is 3.60. The van der Waals surface area contributed by atoms with Gasteiger partial charge in [0.05, 0.1) is 11.8 Å². The van der Waals surface area contributed by atoms with Crippen LogP contribution in [0.1, 0.15) is 23.2 Å². The van der Waals surface area contributed by atoms with Gasteiger partial charge in [-0.1, -0.05) is 0 Å². The average molecular weight is 418 g/mol. The van der Waals surface area contributed by atoms with E-state index in [-0.39, 0.29) is 5.56 Å². The van der Waals surface area contributed by atoms with Gasteiger partial charge in [-0.15, -0.1) is 5.10 Å². The Labute approximate surface area is 178 Å². The second kappa shape index (κ2) is 8.19. The Morgan fingerprint density at radius 3 is 2.77 bits per heavy atom. The van der Waals surface area contributed by atoms with Crippen LogP contribution in [-0.2, 0) is 11.3 Å². The van der Waals surface area contributed by atoms with Gasteiger partial charge in [-0.3, -0.25) is 4.68 Å². The smallest absolute Gasteiger partial charge is 0.335 e. The van der Waals surface area contributed by atoms with E-state index in [0.29, 0.717) is 17.6 Å². The minimum Gasteiger partial charge on any atom is -0.478 e. The highest BCUT2D eigenvalue weighted by Gasteiger charge is 2.16. The lowest BCUT2D eigenvalue weighted by molar-refractivity contribution is 0.0601. The summed E-state index contributed by atoms with van der Waals surface area (Å²) in [5.74, 6) is 0.0678. The van der Waals surface area contributed by atoms with Crippen molar-refractivity contribution in [3.63, 3.8) is 0 Å². The Morgan fingerprint density at radius 2 is 2.00 bits per heavy atom. The van der Waals surface area contributed by atoms with E-state index < -0.39 is 5.97 Å². The summed E-state index contributed by atoms with van der Waals surface area (Å²) >= 11 is 0. The predicted molar refractivity (Wildman–Crippen MR) is 114 cm³/mol. The number of pyridine rings is 1. The number of hydrogen-bond acceptors (Lipinski definition) is 6. The third-order valence-corrected chi connectivity index (χ3v) is 5.48. The molecule has 0 amide bonds. The van der Waals surface area contributed by atoms with E-state index in [0.717, 1.165) is 49.4 Å². The van der Waals surface area contributed by atoms with Crippen LogP contribution in [-0.4, -0.2) is 48.7 Å². The molecular weight excluding hydrogens is 396 g/mol. The molecule has 5 rings (SSSR count). The molecule has 0 bridgehead atoms. The van der Waals surface area contributed by atoms with Gasteiger partial charge in [0, 0.05) is 49.0 Å². The molecule has 1 aromatic carbocycles. The number of aromatic nitrogens is 5. The largest absolute Gasteiger partial charge is 0.478 e. The number of aromatic carboxylic acids is 1. The van der Waals surface area contributed by atoms with Crippen LogP contribution in [0.2, 0.25) is 0 Å². The van der Waals surface area contributed by atoms with Gasteiger partial charge >= 0.3 is 5.97 Å². The number of ether oxygens (including phenoxy) is 1. The summed E-state index contributed by atoms with van der Waals surface area (Å²) in [5, 5.41) is 21.2. The number of benzene rings is 1. The summed E-state index contributed by atoms with van der Waals surface area (Å²) in [6.07, 6.45) is 7.89. The zero-order valence-corrected chi connectivity index (χ0v) is 16.8. The number of fused-ring (bicyclic) bond motifs is 1. The molecule has 4 heterocycles. The Kier molecular flexibility index (Phi) is 5.09. The minimum atomic E-state index is -0.959. The Balaban J connectivity index is 1.38. The van der Waals surface area contributed by atoms with Crippen molar-refractivity contribution >= 4 is 23.3 Å². The molecule has 0 atom stereocenters. The average Bonchev–Trinajstić information content (AvgIpc) is 3.41. The molecule has 31 heavy (non-hydrogen) atoms. The molecule has 1 fully saturated rings. The quantitative estimate of drug-likeness (QED) is 0.494. The molecule has 0 unspecified atom stereocenters. The van der Waals surface area contributed by atoms with Gasteiger partial charge in [0.25, 0.3) is 0 Å². The lowest BCUT2D eigenvalue weighted by Gasteiger charge is -2.21. The monoisotopic (exact) mass is 418 g/mol. The zero-order chi connectivity index (χ0) is 21.2. The van der Waals surface area contributed by atoms with Crippen molar-refractivity contribution < 1.29 is 14.6 Å². The molecule has 0 aliphatic carbocycles. The van der Waals surface area contributed by atoms with E-state index in [1.165, 1.54) is 0 Å². The number of carbonyl (C=O) groups is 1. The standard InChI is InChI=1S/C22H22N6O3/c29-21(30)16-3-5-18(6-4-16)24-22-25-20-19(2-1-9-28(20)26-22)17-12-23-27(14-17)13-15-7-10-31-11-8-15/h1-6,9,12,14-15H,7-8,10-11,13H2,(H,24,26)(H,29,30). The summed E-state index contributed by atoms with van der Waals surface area (Å²) in [6.45, 7) is 2.54. The first-order chi connectivity index (χ1) is 15.2. The van der Waals surface area contributed by atoms with Gasteiger partial charge in [0.1, 0.15) is 0 Å². The number of carboxylic acids is 1. The van der Waals surface area contributed by atoms with E-state index in [1.54, 1.807) is 28.8 Å². The van der Waals surface area contributed by atoms with E-state index >= 15 is 0 Å². The first-order valence-corrected chi connectivity index (χ1v) is 10.2. The van der Waals surface area contributed by atoms with Crippen molar-refractivity contribution in [2.45, 2.75) is 19.4 Å². The molecule has 2 N–H and O–H groups in total. The Hall–Kier alpha value is -3.72. The van der Waals surface area contributed by atoms with Crippen LogP contribution in [0.3, 0.4) is 0 Å². The first-order valence-electron chi connectivity index (χ1n) is 10.2. The van der Waals surface area contributed by atoms with Crippen LogP contribution in [0.5, 0.6) is 0 Å². The van der Waals surface area contributed by atoms with Crippen molar-refractivity contribution in [2.75, 3.05) is 18.5 Å². The second-order valence-corrected chi connectivity index (χ2v) is 7.64. The molecule has 1 aliphatic rings. The summed E-state index contributed by atoms with van der Waals surface area (Å²) in [7, 11) is 0. The zero-order valence-electron chi connectivity index (χ0n) is 16.8. The normalized spacial score (nSPS) is 14.7. The van der Waals surface area contributed by atoms with Gasteiger partial charge in [0.15, 0.2) is 5.65 Å².